The molecule has 0 atom stereocenters. The van der Waals surface area contributed by atoms with Gasteiger partial charge >= 0.3 is 0 Å². The molecule has 0 aliphatic rings. The third kappa shape index (κ3) is 5.93. The van der Waals surface area contributed by atoms with E-state index in [0.29, 0.717) is 23.1 Å². The van der Waals surface area contributed by atoms with Crippen molar-refractivity contribution in [2.75, 3.05) is 13.0 Å². The Morgan fingerprint density at radius 3 is 2.72 bits per heavy atom. The lowest BCUT2D eigenvalue weighted by Crippen LogP contribution is -2.29. The molecular weight excluding hydrogens is 594 g/mol. The summed E-state index contributed by atoms with van der Waals surface area (Å²) in [6.07, 6.45) is 5.74. The number of H-pyrrole nitrogens is 1. The summed E-state index contributed by atoms with van der Waals surface area (Å²) < 4.78 is 32.9. The van der Waals surface area contributed by atoms with Crippen LogP contribution in [0.15, 0.2) is 71.5 Å². The number of amides is 2. The molecule has 0 aliphatic heterocycles. The van der Waals surface area contributed by atoms with E-state index in [1.54, 1.807) is 42.7 Å². The minimum Gasteiger partial charge on any atom is -0.473 e. The zero-order valence-electron chi connectivity index (χ0n) is 22.5. The fourth-order valence-corrected chi connectivity index (χ4v) is 6.02. The monoisotopic (exact) mass is 617 g/mol. The van der Waals surface area contributed by atoms with E-state index in [9.17, 15) is 22.8 Å². The first-order valence-electron chi connectivity index (χ1n) is 12.9. The van der Waals surface area contributed by atoms with Crippen molar-refractivity contribution < 1.29 is 22.7 Å². The number of hydrogen-bond acceptors (Lipinski definition) is 10. The van der Waals surface area contributed by atoms with E-state index in [2.05, 4.69) is 25.3 Å². The van der Waals surface area contributed by atoms with Crippen molar-refractivity contribution in [1.82, 2.24) is 34.5 Å². The molecule has 0 saturated heterocycles. The second kappa shape index (κ2) is 11.3. The number of carbonyl (C=O) groups is 2. The summed E-state index contributed by atoms with van der Waals surface area (Å²) in [5.41, 5.74) is 2.79. The van der Waals surface area contributed by atoms with Gasteiger partial charge in [0.2, 0.25) is 10.0 Å². The van der Waals surface area contributed by atoms with Crippen molar-refractivity contribution in [2.45, 2.75) is 13.0 Å². The van der Waals surface area contributed by atoms with E-state index in [1.165, 1.54) is 34.5 Å². The third-order valence-corrected chi connectivity index (χ3v) is 8.20. The quantitative estimate of drug-likeness (QED) is 0.206. The van der Waals surface area contributed by atoms with E-state index in [1.807, 2.05) is 10.1 Å². The van der Waals surface area contributed by atoms with Crippen LogP contribution >= 0.6 is 11.3 Å². The van der Waals surface area contributed by atoms with Gasteiger partial charge in [-0.2, -0.15) is 0 Å². The zero-order chi connectivity index (χ0) is 30.1. The second-order valence-electron chi connectivity index (χ2n) is 9.59. The Morgan fingerprint density at radius 2 is 1.88 bits per heavy atom. The molecule has 0 bridgehead atoms. The Hall–Kier alpha value is -5.15. The summed E-state index contributed by atoms with van der Waals surface area (Å²) in [5, 5.41) is 5.32. The largest absolute Gasteiger partial charge is 0.473 e. The number of pyridine rings is 1. The molecule has 6 aromatic rings. The number of rotatable bonds is 9. The van der Waals surface area contributed by atoms with Gasteiger partial charge in [0, 0.05) is 28.3 Å². The number of aromatic amines is 1. The molecule has 0 saturated carbocycles. The van der Waals surface area contributed by atoms with E-state index in [-0.39, 0.29) is 35.5 Å². The molecule has 15 heteroatoms. The first kappa shape index (κ1) is 28.0. The molecule has 43 heavy (non-hydrogen) atoms. The summed E-state index contributed by atoms with van der Waals surface area (Å²) in [6.45, 7) is 0.170. The number of ether oxygens (including phenoxy) is 1. The summed E-state index contributed by atoms with van der Waals surface area (Å²) >= 11 is 1.42. The summed E-state index contributed by atoms with van der Waals surface area (Å²) in [6, 6.07) is 11.8. The van der Waals surface area contributed by atoms with Gasteiger partial charge in [-0.1, -0.05) is 6.07 Å². The smallest absolute Gasteiger partial charge is 0.272 e. The lowest BCUT2D eigenvalue weighted by molar-refractivity contribution is 0.0913. The predicted octanol–water partition coefficient (Wildman–Crippen LogP) is 2.58. The molecule has 0 unspecified atom stereocenters. The summed E-state index contributed by atoms with van der Waals surface area (Å²) in [4.78, 5) is 54.2. The SMILES string of the molecule is CS(=O)(=O)NC(=O)c1ccc(CCn2cnc3cnc(C(=O)NCOc4ccc5nc[nH]c5c4)cc3c2=O)c2sccc12. The summed E-state index contributed by atoms with van der Waals surface area (Å²) in [5.74, 6) is -0.676. The minimum atomic E-state index is -3.71. The molecule has 0 aliphatic carbocycles. The molecule has 0 radical (unpaired) electrons. The third-order valence-electron chi connectivity index (χ3n) is 6.65. The number of imidazole rings is 1. The van der Waals surface area contributed by atoms with Crippen molar-refractivity contribution in [3.63, 3.8) is 0 Å². The number of sulfonamides is 1. The Balaban J connectivity index is 1.16. The van der Waals surface area contributed by atoms with E-state index in [4.69, 9.17) is 4.74 Å². The number of hydrogen-bond donors (Lipinski definition) is 3. The van der Waals surface area contributed by atoms with Crippen LogP contribution in [0.1, 0.15) is 26.4 Å². The van der Waals surface area contributed by atoms with Gasteiger partial charge in [-0.25, -0.2) is 28.1 Å². The standard InChI is InChI=1S/C28H23N7O6S2/c1-43(39,40)34-26(36)19-4-2-16(25-18(19)7-9-42-25)6-8-35-14-32-24-12-29-23(11-20(24)28(35)38)27(37)33-15-41-17-3-5-21-22(10-17)31-13-30-21/h2-5,7,9-14H,6,8,15H2,1H3,(H,30,31)(H,33,37)(H,34,36). The maximum atomic E-state index is 13.3. The number of carbonyl (C=O) groups excluding carboxylic acids is 2. The van der Waals surface area contributed by atoms with Crippen LogP contribution in [0.25, 0.3) is 32.0 Å². The first-order chi connectivity index (χ1) is 20.7. The highest BCUT2D eigenvalue weighted by Gasteiger charge is 2.17. The fourth-order valence-electron chi connectivity index (χ4n) is 4.60. The van der Waals surface area contributed by atoms with Crippen LogP contribution in [0.2, 0.25) is 0 Å². The van der Waals surface area contributed by atoms with Crippen LogP contribution in [-0.2, 0) is 23.0 Å². The van der Waals surface area contributed by atoms with Gasteiger partial charge in [0.25, 0.3) is 17.4 Å². The Labute approximate surface area is 247 Å². The molecule has 2 aromatic carbocycles. The molecule has 0 fully saturated rings. The molecule has 6 rings (SSSR count). The molecule has 218 valence electrons. The highest BCUT2D eigenvalue weighted by molar-refractivity contribution is 7.89. The zero-order valence-corrected chi connectivity index (χ0v) is 24.2. The van der Waals surface area contributed by atoms with Crippen molar-refractivity contribution >= 4 is 65.2 Å². The maximum Gasteiger partial charge on any atom is 0.272 e. The van der Waals surface area contributed by atoms with E-state index < -0.39 is 21.8 Å². The number of aromatic nitrogens is 5. The average molecular weight is 618 g/mol. The topological polar surface area (TPSA) is 178 Å². The van der Waals surface area contributed by atoms with Gasteiger partial charge in [0.15, 0.2) is 6.73 Å². The molecule has 3 N–H and O–H groups in total. The summed E-state index contributed by atoms with van der Waals surface area (Å²) in [7, 11) is -3.71. The van der Waals surface area contributed by atoms with Gasteiger partial charge in [0.05, 0.1) is 47.0 Å². The van der Waals surface area contributed by atoms with Crippen LogP contribution in [-0.4, -0.2) is 57.7 Å². The van der Waals surface area contributed by atoms with Crippen LogP contribution in [0.3, 0.4) is 0 Å². The van der Waals surface area contributed by atoms with Crippen LogP contribution in [0, 0.1) is 0 Å². The van der Waals surface area contributed by atoms with Gasteiger partial charge in [-0.3, -0.25) is 19.0 Å². The molecule has 4 heterocycles. The maximum absolute atomic E-state index is 13.3. The number of aryl methyl sites for hydroxylation is 2. The molecule has 13 nitrogen and oxygen atoms in total. The van der Waals surface area contributed by atoms with Crippen molar-refractivity contribution in [1.29, 1.82) is 0 Å². The van der Waals surface area contributed by atoms with Gasteiger partial charge in [0.1, 0.15) is 11.4 Å². The van der Waals surface area contributed by atoms with Crippen molar-refractivity contribution in [3.05, 3.63) is 93.9 Å². The minimum absolute atomic E-state index is 0.0417. The van der Waals surface area contributed by atoms with Crippen LogP contribution < -0.4 is 20.3 Å². The average Bonchev–Trinajstić information content (AvgIpc) is 3.65. The Morgan fingerprint density at radius 1 is 1.02 bits per heavy atom. The van der Waals surface area contributed by atoms with Crippen LogP contribution in [0.5, 0.6) is 5.75 Å². The van der Waals surface area contributed by atoms with Crippen LogP contribution in [0.4, 0.5) is 0 Å². The molecular formula is C28H23N7O6S2. The number of thiophene rings is 1. The van der Waals surface area contributed by atoms with Gasteiger partial charge in [-0.15, -0.1) is 11.3 Å². The van der Waals surface area contributed by atoms with Crippen molar-refractivity contribution in [3.8, 4) is 5.75 Å². The Bertz CT molecular complexity index is 2200. The second-order valence-corrected chi connectivity index (χ2v) is 12.3. The number of benzene rings is 2. The fraction of sp³-hybridized carbons (Fsp3) is 0.143. The number of fused-ring (bicyclic) bond motifs is 3. The molecule has 4 aromatic heterocycles. The van der Waals surface area contributed by atoms with Gasteiger partial charge < -0.3 is 15.0 Å². The first-order valence-corrected chi connectivity index (χ1v) is 15.6. The van der Waals surface area contributed by atoms with E-state index in [0.717, 1.165) is 27.6 Å². The predicted molar refractivity (Wildman–Crippen MR) is 161 cm³/mol. The molecule has 0 spiro atoms. The number of nitrogens with one attached hydrogen (secondary N) is 3. The molecule has 2 amide bonds. The normalized spacial score (nSPS) is 11.7. The van der Waals surface area contributed by atoms with Gasteiger partial charge in [-0.05, 0) is 47.7 Å². The lowest BCUT2D eigenvalue weighted by atomic mass is 10.0. The van der Waals surface area contributed by atoms with Crippen molar-refractivity contribution in [2.24, 2.45) is 0 Å². The highest BCUT2D eigenvalue weighted by Crippen LogP contribution is 2.29. The Kier molecular flexibility index (Phi) is 7.33. The number of nitrogens with zero attached hydrogens (tertiary/aromatic N) is 4. The highest BCUT2D eigenvalue weighted by atomic mass is 32.2. The lowest BCUT2D eigenvalue weighted by Gasteiger charge is -2.10. The van der Waals surface area contributed by atoms with E-state index >= 15 is 0 Å².